The SMILES string of the molecule is N#Cc1cc(C#N)c(NC2CCN(Cc3ccccc3)CC2)nc1N. The minimum atomic E-state index is 0.158. The summed E-state index contributed by atoms with van der Waals surface area (Å²) in [4.78, 5) is 6.63. The average molecular weight is 332 g/mol. The van der Waals surface area contributed by atoms with Crippen molar-refractivity contribution < 1.29 is 0 Å². The Bertz CT molecular complexity index is 810. The van der Waals surface area contributed by atoms with Crippen molar-refractivity contribution in [3.05, 3.63) is 53.1 Å². The number of nitrogens with two attached hydrogens (primary N) is 1. The van der Waals surface area contributed by atoms with E-state index in [0.29, 0.717) is 11.4 Å². The maximum Gasteiger partial charge on any atom is 0.146 e. The third-order valence-corrected chi connectivity index (χ3v) is 4.47. The van der Waals surface area contributed by atoms with Crippen molar-refractivity contribution in [3.63, 3.8) is 0 Å². The molecule has 2 heterocycles. The molecule has 1 aromatic heterocycles. The van der Waals surface area contributed by atoms with E-state index in [4.69, 9.17) is 11.0 Å². The van der Waals surface area contributed by atoms with Gasteiger partial charge in [-0.3, -0.25) is 4.90 Å². The zero-order chi connectivity index (χ0) is 17.6. The number of likely N-dealkylation sites (tertiary alicyclic amines) is 1. The Hall–Kier alpha value is -3.09. The fourth-order valence-corrected chi connectivity index (χ4v) is 3.08. The summed E-state index contributed by atoms with van der Waals surface area (Å²) in [5, 5.41) is 21.6. The van der Waals surface area contributed by atoms with Crippen molar-refractivity contribution in [1.82, 2.24) is 9.88 Å². The summed E-state index contributed by atoms with van der Waals surface area (Å²) < 4.78 is 0. The van der Waals surface area contributed by atoms with Gasteiger partial charge in [0.2, 0.25) is 0 Å². The van der Waals surface area contributed by atoms with Gasteiger partial charge in [0.1, 0.15) is 23.8 Å². The molecule has 6 nitrogen and oxygen atoms in total. The van der Waals surface area contributed by atoms with Crippen molar-refractivity contribution in [2.24, 2.45) is 0 Å². The summed E-state index contributed by atoms with van der Waals surface area (Å²) in [7, 11) is 0. The minimum absolute atomic E-state index is 0.158. The summed E-state index contributed by atoms with van der Waals surface area (Å²) in [6, 6.07) is 16.2. The lowest BCUT2D eigenvalue weighted by Gasteiger charge is -2.32. The van der Waals surface area contributed by atoms with E-state index in [1.807, 2.05) is 12.1 Å². The van der Waals surface area contributed by atoms with Crippen LogP contribution >= 0.6 is 0 Å². The van der Waals surface area contributed by atoms with Crippen LogP contribution in [0.15, 0.2) is 36.4 Å². The average Bonchev–Trinajstić information content (AvgIpc) is 2.64. The van der Waals surface area contributed by atoms with Gasteiger partial charge in [0.05, 0.1) is 11.1 Å². The topological polar surface area (TPSA) is 102 Å². The number of piperidine rings is 1. The van der Waals surface area contributed by atoms with E-state index in [2.05, 4.69) is 45.5 Å². The summed E-state index contributed by atoms with van der Waals surface area (Å²) in [5.41, 5.74) is 7.69. The Balaban J connectivity index is 1.60. The van der Waals surface area contributed by atoms with Crippen LogP contribution in [-0.2, 0) is 6.54 Å². The molecule has 6 heteroatoms. The molecule has 2 aromatic rings. The van der Waals surface area contributed by atoms with Crippen molar-refractivity contribution >= 4 is 11.6 Å². The Morgan fingerprint density at radius 1 is 1.12 bits per heavy atom. The molecule has 0 spiro atoms. The van der Waals surface area contributed by atoms with Crippen LogP contribution in [0.4, 0.5) is 11.6 Å². The summed E-state index contributed by atoms with van der Waals surface area (Å²) >= 11 is 0. The zero-order valence-electron chi connectivity index (χ0n) is 13.9. The number of nitrogens with one attached hydrogen (secondary N) is 1. The molecule has 1 fully saturated rings. The third-order valence-electron chi connectivity index (χ3n) is 4.47. The fraction of sp³-hybridized carbons (Fsp3) is 0.316. The van der Waals surface area contributed by atoms with Crippen LogP contribution in [0.25, 0.3) is 0 Å². The smallest absolute Gasteiger partial charge is 0.146 e. The maximum atomic E-state index is 9.28. The van der Waals surface area contributed by atoms with Crippen LogP contribution in [0.5, 0.6) is 0 Å². The molecule has 0 bridgehead atoms. The van der Waals surface area contributed by atoms with Gasteiger partial charge in [-0.15, -0.1) is 0 Å². The Labute approximate surface area is 147 Å². The predicted molar refractivity (Wildman–Crippen MR) is 96.4 cm³/mol. The maximum absolute atomic E-state index is 9.28. The van der Waals surface area contributed by atoms with E-state index in [-0.39, 0.29) is 17.4 Å². The lowest BCUT2D eigenvalue weighted by Crippen LogP contribution is -2.39. The first-order valence-electron chi connectivity index (χ1n) is 8.33. The monoisotopic (exact) mass is 332 g/mol. The highest BCUT2D eigenvalue weighted by molar-refractivity contribution is 5.62. The number of nitriles is 2. The lowest BCUT2D eigenvalue weighted by atomic mass is 10.0. The van der Waals surface area contributed by atoms with Crippen molar-refractivity contribution in [2.45, 2.75) is 25.4 Å². The Morgan fingerprint density at radius 2 is 1.80 bits per heavy atom. The molecule has 1 aromatic carbocycles. The Kier molecular flexibility index (Phi) is 5.13. The fourth-order valence-electron chi connectivity index (χ4n) is 3.08. The van der Waals surface area contributed by atoms with Gasteiger partial charge in [-0.05, 0) is 24.5 Å². The third kappa shape index (κ3) is 4.06. The number of hydrogen-bond donors (Lipinski definition) is 2. The van der Waals surface area contributed by atoms with E-state index in [1.165, 1.54) is 11.6 Å². The van der Waals surface area contributed by atoms with E-state index in [0.717, 1.165) is 32.5 Å². The van der Waals surface area contributed by atoms with Crippen molar-refractivity contribution in [3.8, 4) is 12.1 Å². The van der Waals surface area contributed by atoms with Crippen LogP contribution in [0.1, 0.15) is 29.5 Å². The molecular weight excluding hydrogens is 312 g/mol. The van der Waals surface area contributed by atoms with Gasteiger partial charge in [0.25, 0.3) is 0 Å². The number of pyridine rings is 1. The van der Waals surface area contributed by atoms with Gasteiger partial charge in [0, 0.05) is 25.7 Å². The van der Waals surface area contributed by atoms with Gasteiger partial charge in [-0.25, -0.2) is 4.98 Å². The minimum Gasteiger partial charge on any atom is -0.383 e. The molecule has 0 amide bonds. The van der Waals surface area contributed by atoms with Gasteiger partial charge < -0.3 is 11.1 Å². The molecule has 0 atom stereocenters. The second-order valence-electron chi connectivity index (χ2n) is 6.22. The molecule has 1 aliphatic heterocycles. The zero-order valence-corrected chi connectivity index (χ0v) is 13.9. The number of anilines is 2. The molecule has 0 saturated carbocycles. The van der Waals surface area contributed by atoms with Gasteiger partial charge in [-0.1, -0.05) is 30.3 Å². The molecule has 0 aliphatic carbocycles. The number of rotatable bonds is 4. The first-order valence-corrected chi connectivity index (χ1v) is 8.33. The highest BCUT2D eigenvalue weighted by atomic mass is 15.1. The van der Waals surface area contributed by atoms with Crippen LogP contribution < -0.4 is 11.1 Å². The largest absolute Gasteiger partial charge is 0.383 e. The summed E-state index contributed by atoms with van der Waals surface area (Å²) in [5.74, 6) is 0.631. The molecule has 1 aliphatic rings. The molecule has 25 heavy (non-hydrogen) atoms. The molecule has 0 radical (unpaired) electrons. The van der Waals surface area contributed by atoms with Gasteiger partial charge in [-0.2, -0.15) is 10.5 Å². The number of nitrogen functional groups attached to an aromatic ring is 1. The number of aromatic nitrogens is 1. The summed E-state index contributed by atoms with van der Waals surface area (Å²) in [6.45, 7) is 2.93. The quantitative estimate of drug-likeness (QED) is 0.892. The van der Waals surface area contributed by atoms with E-state index < -0.39 is 0 Å². The molecular formula is C19H20N6. The number of benzene rings is 1. The predicted octanol–water partition coefficient (Wildman–Crippen LogP) is 2.48. The van der Waals surface area contributed by atoms with E-state index in [1.54, 1.807) is 0 Å². The van der Waals surface area contributed by atoms with Crippen LogP contribution in [0.2, 0.25) is 0 Å². The van der Waals surface area contributed by atoms with Gasteiger partial charge >= 0.3 is 0 Å². The highest BCUT2D eigenvalue weighted by Crippen LogP contribution is 2.22. The molecule has 3 N–H and O–H groups in total. The number of hydrogen-bond acceptors (Lipinski definition) is 6. The second-order valence-corrected chi connectivity index (χ2v) is 6.22. The highest BCUT2D eigenvalue weighted by Gasteiger charge is 2.21. The first kappa shape index (κ1) is 16.8. The van der Waals surface area contributed by atoms with Crippen LogP contribution in [-0.4, -0.2) is 29.0 Å². The van der Waals surface area contributed by atoms with Gasteiger partial charge in [0.15, 0.2) is 0 Å². The van der Waals surface area contributed by atoms with E-state index >= 15 is 0 Å². The number of nitrogens with zero attached hydrogens (tertiary/aromatic N) is 4. The molecule has 3 rings (SSSR count). The van der Waals surface area contributed by atoms with Crippen molar-refractivity contribution in [1.29, 1.82) is 10.5 Å². The standard InChI is InChI=1S/C19H20N6/c20-11-15-10-16(12-21)19(24-18(15)22)23-17-6-8-25(9-7-17)13-14-4-2-1-3-5-14/h1-5,10,17H,6-9,13H2,(H3,22,23,24). The van der Waals surface area contributed by atoms with Crippen LogP contribution in [0.3, 0.4) is 0 Å². The Morgan fingerprint density at radius 3 is 2.44 bits per heavy atom. The molecule has 0 unspecified atom stereocenters. The van der Waals surface area contributed by atoms with Crippen molar-refractivity contribution in [2.75, 3.05) is 24.1 Å². The normalized spacial score (nSPS) is 15.3. The van der Waals surface area contributed by atoms with Crippen LogP contribution in [0, 0.1) is 22.7 Å². The molecule has 126 valence electrons. The first-order chi connectivity index (χ1) is 12.2. The molecule has 1 saturated heterocycles. The summed E-state index contributed by atoms with van der Waals surface area (Å²) in [6.07, 6.45) is 1.94. The lowest BCUT2D eigenvalue weighted by molar-refractivity contribution is 0.211. The van der Waals surface area contributed by atoms with E-state index in [9.17, 15) is 5.26 Å². The second kappa shape index (κ2) is 7.65.